The number of rotatable bonds is 4. The quantitative estimate of drug-likeness (QED) is 0.762. The number of carbonyl (C=O) groups is 1. The molecule has 0 unspecified atom stereocenters. The van der Waals surface area contributed by atoms with E-state index in [0.29, 0.717) is 17.1 Å². The van der Waals surface area contributed by atoms with Crippen LogP contribution in [0.25, 0.3) is 5.69 Å². The van der Waals surface area contributed by atoms with Gasteiger partial charge in [0.2, 0.25) is 0 Å². The van der Waals surface area contributed by atoms with Gasteiger partial charge < -0.3 is 10.1 Å². The molecule has 0 aliphatic carbocycles. The number of anilines is 1. The first-order chi connectivity index (χ1) is 11.2. The van der Waals surface area contributed by atoms with Gasteiger partial charge in [0.25, 0.3) is 5.91 Å². The zero-order chi connectivity index (χ0) is 16.2. The van der Waals surface area contributed by atoms with Gasteiger partial charge >= 0.3 is 0 Å². The van der Waals surface area contributed by atoms with Crippen molar-refractivity contribution in [2.24, 2.45) is 0 Å². The number of nitrogens with zero attached hydrogens (tertiary/aromatic N) is 3. The van der Waals surface area contributed by atoms with E-state index < -0.39 is 0 Å². The SMILES string of the molecule is COc1ccncc1NC(=O)c1ccn(-c2cccc(Br)c2)n1. The first kappa shape index (κ1) is 15.2. The molecule has 0 fully saturated rings. The summed E-state index contributed by atoms with van der Waals surface area (Å²) in [6.45, 7) is 0. The molecule has 6 nitrogen and oxygen atoms in total. The Morgan fingerprint density at radius 3 is 2.96 bits per heavy atom. The van der Waals surface area contributed by atoms with Gasteiger partial charge in [-0.15, -0.1) is 0 Å². The molecule has 0 radical (unpaired) electrons. The third-order valence-electron chi connectivity index (χ3n) is 3.14. The maximum absolute atomic E-state index is 12.3. The Hall–Kier alpha value is -2.67. The van der Waals surface area contributed by atoms with E-state index >= 15 is 0 Å². The summed E-state index contributed by atoms with van der Waals surface area (Å²) in [5.41, 5.74) is 1.66. The second-order valence-corrected chi connectivity index (χ2v) is 5.57. The van der Waals surface area contributed by atoms with Crippen LogP contribution in [0.2, 0.25) is 0 Å². The van der Waals surface area contributed by atoms with E-state index in [2.05, 4.69) is 31.3 Å². The molecular weight excluding hydrogens is 360 g/mol. The van der Waals surface area contributed by atoms with Crippen molar-refractivity contribution in [2.45, 2.75) is 0 Å². The van der Waals surface area contributed by atoms with E-state index in [0.717, 1.165) is 10.2 Å². The average molecular weight is 373 g/mol. The number of aromatic nitrogens is 3. The summed E-state index contributed by atoms with van der Waals surface area (Å²) in [6, 6.07) is 11.0. The van der Waals surface area contributed by atoms with Crippen LogP contribution in [0.1, 0.15) is 10.5 Å². The summed E-state index contributed by atoms with van der Waals surface area (Å²) in [4.78, 5) is 16.3. The third kappa shape index (κ3) is 3.40. The summed E-state index contributed by atoms with van der Waals surface area (Å²) < 4.78 is 7.76. The van der Waals surface area contributed by atoms with Gasteiger partial charge in [-0.05, 0) is 24.3 Å². The summed E-state index contributed by atoms with van der Waals surface area (Å²) >= 11 is 3.41. The Bertz CT molecular complexity index is 847. The van der Waals surface area contributed by atoms with Gasteiger partial charge in [-0.25, -0.2) is 4.68 Å². The van der Waals surface area contributed by atoms with Crippen LogP contribution in [0.4, 0.5) is 5.69 Å². The largest absolute Gasteiger partial charge is 0.494 e. The number of nitrogens with one attached hydrogen (secondary N) is 1. The van der Waals surface area contributed by atoms with E-state index in [1.807, 2.05) is 24.3 Å². The van der Waals surface area contributed by atoms with Crippen LogP contribution in [-0.2, 0) is 0 Å². The van der Waals surface area contributed by atoms with E-state index in [1.54, 1.807) is 29.2 Å². The fraction of sp³-hybridized carbons (Fsp3) is 0.0625. The van der Waals surface area contributed by atoms with E-state index in [4.69, 9.17) is 4.74 Å². The molecule has 3 aromatic rings. The van der Waals surface area contributed by atoms with Crippen molar-refractivity contribution in [3.05, 3.63) is 65.2 Å². The van der Waals surface area contributed by atoms with Crippen molar-refractivity contribution in [1.82, 2.24) is 14.8 Å². The Morgan fingerprint density at radius 1 is 1.30 bits per heavy atom. The number of amides is 1. The van der Waals surface area contributed by atoms with Gasteiger partial charge in [0.15, 0.2) is 5.69 Å². The van der Waals surface area contributed by atoms with Gasteiger partial charge in [0.1, 0.15) is 11.4 Å². The van der Waals surface area contributed by atoms with Crippen LogP contribution in [0.3, 0.4) is 0 Å². The Kier molecular flexibility index (Phi) is 4.38. The minimum atomic E-state index is -0.329. The maximum Gasteiger partial charge on any atom is 0.276 e. The highest BCUT2D eigenvalue weighted by atomic mass is 79.9. The maximum atomic E-state index is 12.3. The van der Waals surface area contributed by atoms with Gasteiger partial charge in [-0.1, -0.05) is 22.0 Å². The molecule has 1 aromatic carbocycles. The Morgan fingerprint density at radius 2 is 2.17 bits per heavy atom. The van der Waals surface area contributed by atoms with Crippen molar-refractivity contribution in [2.75, 3.05) is 12.4 Å². The zero-order valence-corrected chi connectivity index (χ0v) is 13.8. The Balaban J connectivity index is 1.81. The lowest BCUT2D eigenvalue weighted by Crippen LogP contribution is -2.14. The number of halogens is 1. The number of hydrogen-bond donors (Lipinski definition) is 1. The zero-order valence-electron chi connectivity index (χ0n) is 12.2. The summed E-state index contributed by atoms with van der Waals surface area (Å²) in [5, 5.41) is 7.04. The lowest BCUT2D eigenvalue weighted by atomic mass is 10.3. The number of ether oxygens (including phenoxy) is 1. The van der Waals surface area contributed by atoms with E-state index in [1.165, 1.54) is 13.3 Å². The Labute approximate surface area is 141 Å². The molecule has 23 heavy (non-hydrogen) atoms. The molecule has 2 aromatic heterocycles. The van der Waals surface area contributed by atoms with Crippen LogP contribution in [-0.4, -0.2) is 27.8 Å². The monoisotopic (exact) mass is 372 g/mol. The molecule has 0 atom stereocenters. The van der Waals surface area contributed by atoms with E-state index in [-0.39, 0.29) is 5.91 Å². The minimum absolute atomic E-state index is 0.302. The third-order valence-corrected chi connectivity index (χ3v) is 3.64. The average Bonchev–Trinajstić information content (AvgIpc) is 3.05. The fourth-order valence-electron chi connectivity index (χ4n) is 2.05. The number of carbonyl (C=O) groups excluding carboxylic acids is 1. The molecule has 3 rings (SSSR count). The fourth-order valence-corrected chi connectivity index (χ4v) is 2.43. The van der Waals surface area contributed by atoms with Crippen molar-refractivity contribution in [3.63, 3.8) is 0 Å². The lowest BCUT2D eigenvalue weighted by Gasteiger charge is -2.07. The molecule has 2 heterocycles. The second kappa shape index (κ2) is 6.62. The standard InChI is InChI=1S/C16H13BrN4O2/c1-23-15-5-7-18-10-14(15)19-16(22)13-6-8-21(20-13)12-4-2-3-11(17)9-12/h2-10H,1H3,(H,19,22). The molecule has 0 aliphatic heterocycles. The number of hydrogen-bond acceptors (Lipinski definition) is 4. The van der Waals surface area contributed by atoms with Crippen LogP contribution in [0, 0.1) is 0 Å². The molecule has 1 amide bonds. The lowest BCUT2D eigenvalue weighted by molar-refractivity contribution is 0.102. The second-order valence-electron chi connectivity index (χ2n) is 4.66. The number of pyridine rings is 1. The van der Waals surface area contributed by atoms with Crippen molar-refractivity contribution >= 4 is 27.5 Å². The minimum Gasteiger partial charge on any atom is -0.494 e. The smallest absolute Gasteiger partial charge is 0.276 e. The number of benzene rings is 1. The highest BCUT2D eigenvalue weighted by molar-refractivity contribution is 9.10. The van der Waals surface area contributed by atoms with Crippen molar-refractivity contribution in [1.29, 1.82) is 0 Å². The van der Waals surface area contributed by atoms with Crippen molar-refractivity contribution < 1.29 is 9.53 Å². The van der Waals surface area contributed by atoms with Crippen LogP contribution in [0.15, 0.2) is 59.5 Å². The van der Waals surface area contributed by atoms with Crippen LogP contribution >= 0.6 is 15.9 Å². The molecule has 1 N–H and O–H groups in total. The van der Waals surface area contributed by atoms with E-state index in [9.17, 15) is 4.79 Å². The molecule has 0 saturated heterocycles. The topological polar surface area (TPSA) is 69.0 Å². The van der Waals surface area contributed by atoms with Gasteiger partial charge in [0.05, 0.1) is 19.0 Å². The molecule has 0 saturated carbocycles. The summed E-state index contributed by atoms with van der Waals surface area (Å²) in [6.07, 6.45) is 4.86. The number of methoxy groups -OCH3 is 1. The molecule has 116 valence electrons. The summed E-state index contributed by atoms with van der Waals surface area (Å²) in [7, 11) is 1.53. The first-order valence-electron chi connectivity index (χ1n) is 6.78. The predicted molar refractivity (Wildman–Crippen MR) is 90.0 cm³/mol. The molecule has 7 heteroatoms. The normalized spacial score (nSPS) is 10.3. The molecule has 0 bridgehead atoms. The van der Waals surface area contributed by atoms with Crippen molar-refractivity contribution in [3.8, 4) is 11.4 Å². The predicted octanol–water partition coefficient (Wildman–Crippen LogP) is 3.29. The van der Waals surface area contributed by atoms with Gasteiger partial charge in [-0.2, -0.15) is 5.10 Å². The highest BCUT2D eigenvalue weighted by Gasteiger charge is 2.13. The summed E-state index contributed by atoms with van der Waals surface area (Å²) in [5.74, 6) is 0.213. The molecule has 0 spiro atoms. The van der Waals surface area contributed by atoms with Gasteiger partial charge in [0, 0.05) is 22.9 Å². The van der Waals surface area contributed by atoms with Crippen LogP contribution in [0.5, 0.6) is 5.75 Å². The highest BCUT2D eigenvalue weighted by Crippen LogP contribution is 2.22. The molecular formula is C16H13BrN4O2. The van der Waals surface area contributed by atoms with Crippen LogP contribution < -0.4 is 10.1 Å². The first-order valence-corrected chi connectivity index (χ1v) is 7.57. The van der Waals surface area contributed by atoms with Gasteiger partial charge in [-0.3, -0.25) is 9.78 Å². The molecule has 0 aliphatic rings.